The number of esters is 1. The normalized spacial score (nSPS) is 13.6. The van der Waals surface area contributed by atoms with Gasteiger partial charge in [-0.25, -0.2) is 0 Å². The van der Waals surface area contributed by atoms with Crippen LogP contribution in [0.1, 0.15) is 26.5 Å². The van der Waals surface area contributed by atoms with Crippen LogP contribution in [-0.4, -0.2) is 22.6 Å². The highest BCUT2D eigenvalue weighted by Gasteiger charge is 2.22. The van der Waals surface area contributed by atoms with E-state index in [1.54, 1.807) is 6.20 Å². The smallest absolute Gasteiger partial charge is 0.323 e. The third kappa shape index (κ3) is 4.16. The molecule has 1 atom stereocenters. The molecule has 0 fully saturated rings. The molecule has 0 bridgehead atoms. The molecule has 1 rings (SSSR count). The zero-order valence-corrected chi connectivity index (χ0v) is 9.41. The van der Waals surface area contributed by atoms with Gasteiger partial charge in [-0.1, -0.05) is 0 Å². The molecular formula is C11H18N2O2. The van der Waals surface area contributed by atoms with Crippen molar-refractivity contribution in [2.24, 2.45) is 5.73 Å². The Bertz CT molecular complexity index is 312. The molecule has 1 heterocycles. The molecule has 1 unspecified atom stereocenters. The lowest BCUT2D eigenvalue weighted by atomic mass is 10.1. The number of hydrogen-bond donors (Lipinski definition) is 2. The highest BCUT2D eigenvalue weighted by Crippen LogP contribution is 2.09. The number of carbonyl (C=O) groups excluding carboxylic acids is 1. The number of nitrogens with two attached hydrogens (primary N) is 1. The number of aromatic amines is 1. The van der Waals surface area contributed by atoms with Gasteiger partial charge in [-0.3, -0.25) is 4.79 Å². The maximum Gasteiger partial charge on any atom is 0.323 e. The second-order valence-electron chi connectivity index (χ2n) is 4.54. The van der Waals surface area contributed by atoms with Gasteiger partial charge in [-0.05, 0) is 32.9 Å². The fourth-order valence-electron chi connectivity index (χ4n) is 1.19. The highest BCUT2D eigenvalue weighted by atomic mass is 16.6. The lowest BCUT2D eigenvalue weighted by molar-refractivity contribution is -0.156. The van der Waals surface area contributed by atoms with Crippen molar-refractivity contribution in [3.63, 3.8) is 0 Å². The summed E-state index contributed by atoms with van der Waals surface area (Å²) in [5, 5.41) is 0. The third-order valence-electron chi connectivity index (χ3n) is 1.81. The first-order valence-corrected chi connectivity index (χ1v) is 4.99. The average molecular weight is 210 g/mol. The van der Waals surface area contributed by atoms with Gasteiger partial charge in [0.15, 0.2) is 0 Å². The van der Waals surface area contributed by atoms with Crippen molar-refractivity contribution in [3.05, 3.63) is 24.0 Å². The van der Waals surface area contributed by atoms with Crippen molar-refractivity contribution in [1.29, 1.82) is 0 Å². The number of H-pyrrole nitrogens is 1. The van der Waals surface area contributed by atoms with Gasteiger partial charge in [0.05, 0.1) is 0 Å². The quantitative estimate of drug-likeness (QED) is 0.737. The number of nitrogens with one attached hydrogen (secondary N) is 1. The fraction of sp³-hybridized carbons (Fsp3) is 0.545. The number of aromatic nitrogens is 1. The van der Waals surface area contributed by atoms with E-state index in [1.807, 2.05) is 32.9 Å². The van der Waals surface area contributed by atoms with Gasteiger partial charge in [0.25, 0.3) is 0 Å². The van der Waals surface area contributed by atoms with Crippen LogP contribution in [0.25, 0.3) is 0 Å². The van der Waals surface area contributed by atoms with E-state index in [4.69, 9.17) is 10.5 Å². The summed E-state index contributed by atoms with van der Waals surface area (Å²) in [4.78, 5) is 14.5. The standard InChI is InChI=1S/C11H18N2O2/c1-11(2,3)15-10(14)9(12)7-8-5-4-6-13-8/h4-6,9,13H,7,12H2,1-3H3. The summed E-state index contributed by atoms with van der Waals surface area (Å²) < 4.78 is 5.17. The molecule has 0 aliphatic carbocycles. The second kappa shape index (κ2) is 4.49. The summed E-state index contributed by atoms with van der Waals surface area (Å²) >= 11 is 0. The van der Waals surface area contributed by atoms with Crippen molar-refractivity contribution in [1.82, 2.24) is 4.98 Å². The van der Waals surface area contributed by atoms with E-state index in [1.165, 1.54) is 0 Å². The van der Waals surface area contributed by atoms with Crippen LogP contribution >= 0.6 is 0 Å². The fourth-order valence-corrected chi connectivity index (χ4v) is 1.19. The molecule has 0 aliphatic heterocycles. The zero-order chi connectivity index (χ0) is 11.5. The minimum Gasteiger partial charge on any atom is -0.459 e. The summed E-state index contributed by atoms with van der Waals surface area (Å²) in [6.45, 7) is 5.48. The lowest BCUT2D eigenvalue weighted by Gasteiger charge is -2.21. The Morgan fingerprint density at radius 2 is 2.27 bits per heavy atom. The van der Waals surface area contributed by atoms with Gasteiger partial charge in [0.1, 0.15) is 11.6 Å². The Hall–Kier alpha value is -1.29. The van der Waals surface area contributed by atoms with Crippen LogP contribution in [0.4, 0.5) is 0 Å². The number of carbonyl (C=O) groups is 1. The molecule has 0 saturated heterocycles. The summed E-state index contributed by atoms with van der Waals surface area (Å²) in [6.07, 6.45) is 2.28. The molecule has 0 radical (unpaired) electrons. The molecule has 0 amide bonds. The van der Waals surface area contributed by atoms with E-state index in [2.05, 4.69) is 4.98 Å². The van der Waals surface area contributed by atoms with Crippen molar-refractivity contribution in [2.45, 2.75) is 38.8 Å². The zero-order valence-electron chi connectivity index (χ0n) is 9.41. The summed E-state index contributed by atoms with van der Waals surface area (Å²) in [6, 6.07) is 3.16. The molecule has 1 aromatic rings. The average Bonchev–Trinajstić information content (AvgIpc) is 2.53. The Morgan fingerprint density at radius 1 is 1.60 bits per heavy atom. The Balaban J connectivity index is 2.47. The third-order valence-corrected chi connectivity index (χ3v) is 1.81. The predicted octanol–water partition coefficient (Wildman–Crippen LogP) is 1.23. The molecule has 15 heavy (non-hydrogen) atoms. The van der Waals surface area contributed by atoms with Gasteiger partial charge in [0.2, 0.25) is 0 Å². The van der Waals surface area contributed by atoms with Crippen LogP contribution in [0, 0.1) is 0 Å². The van der Waals surface area contributed by atoms with Gasteiger partial charge < -0.3 is 15.5 Å². The molecule has 0 saturated carbocycles. The number of ether oxygens (including phenoxy) is 1. The van der Waals surface area contributed by atoms with Gasteiger partial charge in [-0.2, -0.15) is 0 Å². The second-order valence-corrected chi connectivity index (χ2v) is 4.54. The minimum atomic E-state index is -0.608. The molecule has 0 aliphatic rings. The maximum absolute atomic E-state index is 11.5. The monoisotopic (exact) mass is 210 g/mol. The molecule has 0 spiro atoms. The van der Waals surface area contributed by atoms with Crippen molar-refractivity contribution in [2.75, 3.05) is 0 Å². The molecule has 4 nitrogen and oxygen atoms in total. The maximum atomic E-state index is 11.5. The SMILES string of the molecule is CC(C)(C)OC(=O)C(N)Cc1ccc[nH]1. The highest BCUT2D eigenvalue weighted by molar-refractivity contribution is 5.76. The number of rotatable bonds is 3. The van der Waals surface area contributed by atoms with Crippen LogP contribution in [-0.2, 0) is 16.0 Å². The van der Waals surface area contributed by atoms with Crippen molar-refractivity contribution in [3.8, 4) is 0 Å². The van der Waals surface area contributed by atoms with E-state index < -0.39 is 11.6 Å². The molecule has 4 heteroatoms. The number of hydrogen-bond acceptors (Lipinski definition) is 3. The summed E-state index contributed by atoms with van der Waals surface area (Å²) in [5.41, 5.74) is 6.18. The first kappa shape index (κ1) is 11.8. The van der Waals surface area contributed by atoms with E-state index in [0.29, 0.717) is 6.42 Å². The van der Waals surface area contributed by atoms with Gasteiger partial charge >= 0.3 is 5.97 Å². The minimum absolute atomic E-state index is 0.364. The van der Waals surface area contributed by atoms with Gasteiger partial charge in [-0.15, -0.1) is 0 Å². The van der Waals surface area contributed by atoms with Crippen LogP contribution in [0.5, 0.6) is 0 Å². The van der Waals surface area contributed by atoms with Crippen molar-refractivity contribution >= 4 is 5.97 Å². The van der Waals surface area contributed by atoms with E-state index in [9.17, 15) is 4.79 Å². The van der Waals surface area contributed by atoms with Crippen LogP contribution < -0.4 is 5.73 Å². The first-order chi connectivity index (χ1) is 6.88. The summed E-state index contributed by atoms with van der Waals surface area (Å²) in [5.74, 6) is -0.364. The van der Waals surface area contributed by atoms with Crippen LogP contribution in [0.2, 0.25) is 0 Å². The summed E-state index contributed by atoms with van der Waals surface area (Å²) in [7, 11) is 0. The molecule has 84 valence electrons. The predicted molar refractivity (Wildman–Crippen MR) is 58.3 cm³/mol. The molecule has 0 aromatic carbocycles. The van der Waals surface area contributed by atoms with Crippen LogP contribution in [0.3, 0.4) is 0 Å². The van der Waals surface area contributed by atoms with E-state index in [-0.39, 0.29) is 5.97 Å². The molecular weight excluding hydrogens is 192 g/mol. The topological polar surface area (TPSA) is 68.1 Å². The molecule has 3 N–H and O–H groups in total. The Morgan fingerprint density at radius 3 is 2.73 bits per heavy atom. The van der Waals surface area contributed by atoms with E-state index in [0.717, 1.165) is 5.69 Å². The molecule has 1 aromatic heterocycles. The Kier molecular flexibility index (Phi) is 3.52. The van der Waals surface area contributed by atoms with E-state index >= 15 is 0 Å². The van der Waals surface area contributed by atoms with Crippen LogP contribution in [0.15, 0.2) is 18.3 Å². The van der Waals surface area contributed by atoms with Gasteiger partial charge in [0, 0.05) is 18.3 Å². The lowest BCUT2D eigenvalue weighted by Crippen LogP contribution is -2.38. The first-order valence-electron chi connectivity index (χ1n) is 4.99. The largest absolute Gasteiger partial charge is 0.459 e. The van der Waals surface area contributed by atoms with Crippen molar-refractivity contribution < 1.29 is 9.53 Å². The Labute approximate surface area is 89.8 Å².